The third kappa shape index (κ3) is 5.13. The van der Waals surface area contributed by atoms with Gasteiger partial charge in [0.1, 0.15) is 5.75 Å². The molecule has 0 bridgehead atoms. The summed E-state index contributed by atoms with van der Waals surface area (Å²) in [6.07, 6.45) is 0. The Kier molecular flexibility index (Phi) is 6.86. The molecule has 26 heavy (non-hydrogen) atoms. The molecule has 0 aliphatic carbocycles. The molecule has 0 fully saturated rings. The van der Waals surface area contributed by atoms with Crippen molar-refractivity contribution in [3.63, 3.8) is 0 Å². The number of ether oxygens (including phenoxy) is 3. The van der Waals surface area contributed by atoms with Crippen molar-refractivity contribution in [1.82, 2.24) is 4.90 Å². The molecule has 0 heterocycles. The quantitative estimate of drug-likeness (QED) is 0.786. The fourth-order valence-electron chi connectivity index (χ4n) is 2.74. The van der Waals surface area contributed by atoms with Gasteiger partial charge in [-0.15, -0.1) is 0 Å². The average Bonchev–Trinajstić information content (AvgIpc) is 2.61. The number of benzene rings is 2. The number of methoxy groups -OCH3 is 3. The molecule has 140 valence electrons. The first-order chi connectivity index (χ1) is 12.5. The van der Waals surface area contributed by atoms with Gasteiger partial charge in [0, 0.05) is 23.9 Å². The van der Waals surface area contributed by atoms with Gasteiger partial charge in [-0.3, -0.25) is 9.69 Å². The van der Waals surface area contributed by atoms with Gasteiger partial charge in [-0.05, 0) is 32.2 Å². The van der Waals surface area contributed by atoms with Crippen molar-refractivity contribution >= 4 is 11.6 Å². The van der Waals surface area contributed by atoms with Crippen molar-refractivity contribution in [2.75, 3.05) is 40.2 Å². The van der Waals surface area contributed by atoms with E-state index in [2.05, 4.69) is 11.4 Å². The fraction of sp³-hybridized carbons (Fsp3) is 0.350. The van der Waals surface area contributed by atoms with E-state index in [1.165, 1.54) is 0 Å². The number of anilines is 1. The lowest BCUT2D eigenvalue weighted by Crippen LogP contribution is -2.30. The lowest BCUT2D eigenvalue weighted by Gasteiger charge is -2.19. The third-order valence-electron chi connectivity index (χ3n) is 3.96. The molecule has 2 aromatic carbocycles. The van der Waals surface area contributed by atoms with Crippen LogP contribution in [0.3, 0.4) is 0 Å². The highest BCUT2D eigenvalue weighted by Gasteiger charge is 2.12. The molecule has 6 heteroatoms. The Morgan fingerprint density at radius 3 is 2.27 bits per heavy atom. The number of nitrogens with one attached hydrogen (secondary N) is 1. The first-order valence-corrected chi connectivity index (χ1v) is 8.30. The Morgan fingerprint density at radius 2 is 1.62 bits per heavy atom. The Balaban J connectivity index is 1.98. The molecule has 6 nitrogen and oxygen atoms in total. The zero-order valence-corrected chi connectivity index (χ0v) is 16.0. The number of hydrogen-bond acceptors (Lipinski definition) is 5. The molecular weight excluding hydrogens is 332 g/mol. The number of carbonyl (C=O) groups excluding carboxylic acids is 1. The topological polar surface area (TPSA) is 60.0 Å². The van der Waals surface area contributed by atoms with Crippen LogP contribution < -0.4 is 19.5 Å². The van der Waals surface area contributed by atoms with E-state index in [1.54, 1.807) is 39.5 Å². The first-order valence-electron chi connectivity index (χ1n) is 8.30. The number of rotatable bonds is 8. The smallest absolute Gasteiger partial charge is 0.238 e. The Hall–Kier alpha value is -2.73. The maximum Gasteiger partial charge on any atom is 0.238 e. The molecule has 2 aromatic rings. The summed E-state index contributed by atoms with van der Waals surface area (Å²) in [5.41, 5.74) is 2.87. The van der Waals surface area contributed by atoms with Crippen molar-refractivity contribution < 1.29 is 19.0 Å². The molecule has 0 spiro atoms. The van der Waals surface area contributed by atoms with Crippen molar-refractivity contribution in [1.29, 1.82) is 0 Å². The van der Waals surface area contributed by atoms with Gasteiger partial charge in [0.15, 0.2) is 11.5 Å². The van der Waals surface area contributed by atoms with E-state index in [9.17, 15) is 4.79 Å². The fourth-order valence-corrected chi connectivity index (χ4v) is 2.74. The summed E-state index contributed by atoms with van der Waals surface area (Å²) >= 11 is 0. The number of carbonyl (C=O) groups is 1. The minimum atomic E-state index is -0.105. The van der Waals surface area contributed by atoms with E-state index in [4.69, 9.17) is 14.2 Å². The molecule has 1 N–H and O–H groups in total. The zero-order valence-electron chi connectivity index (χ0n) is 16.0. The second kappa shape index (κ2) is 9.10. The molecule has 0 aromatic heterocycles. The molecule has 0 saturated carbocycles. The minimum absolute atomic E-state index is 0.105. The van der Waals surface area contributed by atoms with Crippen LogP contribution in [0.2, 0.25) is 0 Å². The van der Waals surface area contributed by atoms with Gasteiger partial charge in [0.05, 0.1) is 27.9 Å². The van der Waals surface area contributed by atoms with Gasteiger partial charge in [-0.25, -0.2) is 0 Å². The lowest BCUT2D eigenvalue weighted by atomic mass is 10.1. The molecule has 2 rings (SSSR count). The lowest BCUT2D eigenvalue weighted by molar-refractivity contribution is -0.117. The summed E-state index contributed by atoms with van der Waals surface area (Å²) in [4.78, 5) is 14.3. The standard InChI is InChI=1S/C20H26N2O4/c1-14-6-8-17(24-3)15(10-14)12-22(2)13-20(23)21-16-7-9-18(25-4)19(11-16)26-5/h6-11H,12-13H2,1-5H3,(H,21,23). The maximum absolute atomic E-state index is 12.3. The first kappa shape index (κ1) is 19.6. The molecule has 1 amide bonds. The Labute approximate surface area is 154 Å². The Bertz CT molecular complexity index is 761. The summed E-state index contributed by atoms with van der Waals surface area (Å²) in [6.45, 7) is 2.91. The summed E-state index contributed by atoms with van der Waals surface area (Å²) in [7, 11) is 6.69. The van der Waals surface area contributed by atoms with E-state index in [0.717, 1.165) is 16.9 Å². The molecule has 0 saturated heterocycles. The summed E-state index contributed by atoms with van der Waals surface area (Å²) < 4.78 is 15.9. The predicted molar refractivity (Wildman–Crippen MR) is 102 cm³/mol. The number of aryl methyl sites for hydroxylation is 1. The molecule has 0 aliphatic rings. The van der Waals surface area contributed by atoms with Crippen LogP contribution in [0.25, 0.3) is 0 Å². The van der Waals surface area contributed by atoms with Crippen molar-refractivity contribution in [3.05, 3.63) is 47.5 Å². The minimum Gasteiger partial charge on any atom is -0.496 e. The highest BCUT2D eigenvalue weighted by atomic mass is 16.5. The van der Waals surface area contributed by atoms with E-state index < -0.39 is 0 Å². The van der Waals surface area contributed by atoms with Crippen LogP contribution in [0.15, 0.2) is 36.4 Å². The van der Waals surface area contributed by atoms with Gasteiger partial charge in [0.25, 0.3) is 0 Å². The zero-order chi connectivity index (χ0) is 19.1. The number of amides is 1. The second-order valence-corrected chi connectivity index (χ2v) is 6.11. The van der Waals surface area contributed by atoms with Gasteiger partial charge in [-0.1, -0.05) is 17.7 Å². The SMILES string of the molecule is COc1ccc(C)cc1CN(C)CC(=O)Nc1ccc(OC)c(OC)c1. The van der Waals surface area contributed by atoms with E-state index in [0.29, 0.717) is 23.7 Å². The molecule has 0 unspecified atom stereocenters. The summed E-state index contributed by atoms with van der Waals surface area (Å²) in [5.74, 6) is 1.91. The molecule has 0 atom stereocenters. The second-order valence-electron chi connectivity index (χ2n) is 6.11. The van der Waals surface area contributed by atoms with Gasteiger partial charge >= 0.3 is 0 Å². The van der Waals surface area contributed by atoms with Crippen LogP contribution in [-0.4, -0.2) is 45.7 Å². The number of nitrogens with zero attached hydrogens (tertiary/aromatic N) is 1. The normalized spacial score (nSPS) is 10.5. The predicted octanol–water partition coefficient (Wildman–Crippen LogP) is 3.09. The average molecular weight is 358 g/mol. The molecule has 0 radical (unpaired) electrons. The maximum atomic E-state index is 12.3. The highest BCUT2D eigenvalue weighted by Crippen LogP contribution is 2.29. The van der Waals surface area contributed by atoms with Crippen LogP contribution in [0, 0.1) is 6.92 Å². The number of likely N-dealkylation sites (N-methyl/N-ethyl adjacent to an activating group) is 1. The van der Waals surface area contributed by atoms with Crippen LogP contribution in [0.4, 0.5) is 5.69 Å². The van der Waals surface area contributed by atoms with Crippen LogP contribution in [0.5, 0.6) is 17.2 Å². The monoisotopic (exact) mass is 358 g/mol. The molecular formula is C20H26N2O4. The Morgan fingerprint density at radius 1 is 0.962 bits per heavy atom. The van der Waals surface area contributed by atoms with E-state index in [1.807, 2.05) is 31.0 Å². The molecule has 0 aliphatic heterocycles. The van der Waals surface area contributed by atoms with Crippen molar-refractivity contribution in [2.45, 2.75) is 13.5 Å². The van der Waals surface area contributed by atoms with Crippen molar-refractivity contribution in [2.24, 2.45) is 0 Å². The highest BCUT2D eigenvalue weighted by molar-refractivity contribution is 5.92. The number of hydrogen-bond donors (Lipinski definition) is 1. The van der Waals surface area contributed by atoms with E-state index in [-0.39, 0.29) is 12.5 Å². The van der Waals surface area contributed by atoms with Gasteiger partial charge in [-0.2, -0.15) is 0 Å². The van der Waals surface area contributed by atoms with Gasteiger partial charge in [0.2, 0.25) is 5.91 Å². The summed E-state index contributed by atoms with van der Waals surface area (Å²) in [6, 6.07) is 11.3. The summed E-state index contributed by atoms with van der Waals surface area (Å²) in [5, 5.41) is 2.88. The van der Waals surface area contributed by atoms with Gasteiger partial charge < -0.3 is 19.5 Å². The largest absolute Gasteiger partial charge is 0.496 e. The van der Waals surface area contributed by atoms with Crippen LogP contribution >= 0.6 is 0 Å². The van der Waals surface area contributed by atoms with Crippen LogP contribution in [-0.2, 0) is 11.3 Å². The van der Waals surface area contributed by atoms with Crippen molar-refractivity contribution in [3.8, 4) is 17.2 Å². The third-order valence-corrected chi connectivity index (χ3v) is 3.96. The van der Waals surface area contributed by atoms with Crippen LogP contribution in [0.1, 0.15) is 11.1 Å². The van der Waals surface area contributed by atoms with E-state index >= 15 is 0 Å².